The molecule has 0 spiro atoms. The van der Waals surface area contributed by atoms with Gasteiger partial charge in [-0.15, -0.1) is 0 Å². The molecule has 0 aliphatic carbocycles. The molecule has 1 saturated heterocycles. The lowest BCUT2D eigenvalue weighted by atomic mass is 10.0. The number of amides is 1. The smallest absolute Gasteiger partial charge is 0.278 e. The molecular formula is C22H23FN6O3. The summed E-state index contributed by atoms with van der Waals surface area (Å²) in [5.74, 6) is -0.0511. The van der Waals surface area contributed by atoms with Crippen molar-refractivity contribution in [2.75, 3.05) is 13.1 Å². The van der Waals surface area contributed by atoms with Gasteiger partial charge in [-0.3, -0.25) is 14.5 Å². The van der Waals surface area contributed by atoms with Gasteiger partial charge >= 0.3 is 0 Å². The number of benzene rings is 1. The monoisotopic (exact) mass is 438 g/mol. The predicted molar refractivity (Wildman–Crippen MR) is 111 cm³/mol. The molecule has 0 unspecified atom stereocenters. The van der Waals surface area contributed by atoms with E-state index < -0.39 is 0 Å². The Morgan fingerprint density at radius 2 is 2.12 bits per heavy atom. The largest absolute Gasteiger partial charge is 0.327 e. The lowest BCUT2D eigenvalue weighted by molar-refractivity contribution is 0.0717. The third-order valence-electron chi connectivity index (χ3n) is 6.21. The van der Waals surface area contributed by atoms with E-state index in [4.69, 9.17) is 4.98 Å². The molecule has 9 nitrogen and oxygen atoms in total. The number of aryl methyl sites for hydroxylation is 1. The first kappa shape index (κ1) is 20.5. The predicted octanol–water partition coefficient (Wildman–Crippen LogP) is 2.14. The van der Waals surface area contributed by atoms with Gasteiger partial charge in [0.15, 0.2) is 5.69 Å². The van der Waals surface area contributed by atoms with Gasteiger partial charge in [0.05, 0.1) is 11.7 Å². The second kappa shape index (κ2) is 8.27. The molecule has 5 rings (SSSR count). The highest BCUT2D eigenvalue weighted by molar-refractivity contribution is 5.93. The maximum atomic E-state index is 14.1. The number of halogens is 1. The summed E-state index contributed by atoms with van der Waals surface area (Å²) in [5.41, 5.74) is 2.39. The van der Waals surface area contributed by atoms with Crippen LogP contribution in [-0.2, 0) is 19.5 Å². The van der Waals surface area contributed by atoms with Crippen molar-refractivity contribution in [1.29, 1.82) is 0 Å². The highest BCUT2D eigenvalue weighted by atomic mass is 19.1. The minimum atomic E-state index is -0.349. The molecule has 1 N–H and O–H groups in total. The Balaban J connectivity index is 1.40. The van der Waals surface area contributed by atoms with E-state index >= 15 is 0 Å². The molecule has 166 valence electrons. The van der Waals surface area contributed by atoms with Crippen molar-refractivity contribution in [2.24, 2.45) is 0 Å². The van der Waals surface area contributed by atoms with Gasteiger partial charge in [0.1, 0.15) is 17.3 Å². The van der Waals surface area contributed by atoms with Gasteiger partial charge < -0.3 is 9.88 Å². The number of fused-ring (bicyclic) bond motifs is 1. The van der Waals surface area contributed by atoms with Crippen LogP contribution in [0.3, 0.4) is 0 Å². The number of hydrogen-bond donors (Lipinski definition) is 1. The maximum absolute atomic E-state index is 14.1. The van der Waals surface area contributed by atoms with Crippen molar-refractivity contribution in [3.8, 4) is 0 Å². The number of H-pyrrole nitrogens is 1. The van der Waals surface area contributed by atoms with Crippen LogP contribution in [0.1, 0.15) is 57.7 Å². The van der Waals surface area contributed by atoms with Gasteiger partial charge in [-0.2, -0.15) is 0 Å². The van der Waals surface area contributed by atoms with Gasteiger partial charge in [-0.25, -0.2) is 14.0 Å². The molecule has 3 aromatic rings. The fraction of sp³-hybridized carbons (Fsp3) is 0.409. The first-order valence-electron chi connectivity index (χ1n) is 10.7. The first-order chi connectivity index (χ1) is 15.5. The van der Waals surface area contributed by atoms with Crippen LogP contribution >= 0.6 is 0 Å². The summed E-state index contributed by atoms with van der Waals surface area (Å²) in [4.78, 5) is 37.2. The van der Waals surface area contributed by atoms with E-state index in [-0.39, 0.29) is 29.0 Å². The molecule has 2 aromatic heterocycles. The highest BCUT2D eigenvalue weighted by Gasteiger charge is 2.35. The summed E-state index contributed by atoms with van der Waals surface area (Å²) in [6.07, 6.45) is 2.03. The summed E-state index contributed by atoms with van der Waals surface area (Å²) < 4.78 is 18.8. The number of hydrogen-bond acceptors (Lipinski definition) is 7. The van der Waals surface area contributed by atoms with E-state index in [2.05, 4.69) is 24.8 Å². The number of rotatable bonds is 4. The number of nitrogens with one attached hydrogen (secondary N) is 1. The summed E-state index contributed by atoms with van der Waals surface area (Å²) in [5, 5.41) is 7.41. The number of aromatic amines is 1. The molecule has 1 aromatic carbocycles. The molecule has 2 aliphatic rings. The fourth-order valence-corrected chi connectivity index (χ4v) is 4.53. The van der Waals surface area contributed by atoms with Gasteiger partial charge in [0, 0.05) is 37.3 Å². The zero-order chi connectivity index (χ0) is 22.2. The third kappa shape index (κ3) is 3.70. The second-order valence-corrected chi connectivity index (χ2v) is 8.28. The SMILES string of the molecule is Cc1nonc1C(=O)N1CCC[C@H]1c1nc2c(c(=O)[nH]1)CCN(Cc1ccccc1F)C2. The van der Waals surface area contributed by atoms with Gasteiger partial charge in [-0.05, 0) is 37.4 Å². The van der Waals surface area contributed by atoms with Crippen molar-refractivity contribution in [2.45, 2.75) is 45.3 Å². The molecule has 2 aliphatic heterocycles. The summed E-state index contributed by atoms with van der Waals surface area (Å²) in [6, 6.07) is 6.35. The third-order valence-corrected chi connectivity index (χ3v) is 6.21. The van der Waals surface area contributed by atoms with Crippen LogP contribution in [0.15, 0.2) is 33.7 Å². The molecule has 1 fully saturated rings. The van der Waals surface area contributed by atoms with Crippen LogP contribution in [0, 0.1) is 12.7 Å². The summed E-state index contributed by atoms with van der Waals surface area (Å²) in [6.45, 7) is 3.75. The Morgan fingerprint density at radius 1 is 1.28 bits per heavy atom. The Hall–Kier alpha value is -3.40. The first-order valence-corrected chi connectivity index (χ1v) is 10.7. The van der Waals surface area contributed by atoms with Crippen molar-refractivity contribution in [1.82, 2.24) is 30.1 Å². The summed E-state index contributed by atoms with van der Waals surface area (Å²) in [7, 11) is 0. The second-order valence-electron chi connectivity index (χ2n) is 8.28. The van der Waals surface area contributed by atoms with Crippen LogP contribution in [-0.4, -0.2) is 49.1 Å². The lowest BCUT2D eigenvalue weighted by Crippen LogP contribution is -2.37. The van der Waals surface area contributed by atoms with Crippen molar-refractivity contribution >= 4 is 5.91 Å². The Bertz CT molecular complexity index is 1220. The summed E-state index contributed by atoms with van der Waals surface area (Å²) >= 11 is 0. The van der Waals surface area contributed by atoms with E-state index in [1.165, 1.54) is 6.07 Å². The molecule has 32 heavy (non-hydrogen) atoms. The molecule has 1 atom stereocenters. The van der Waals surface area contributed by atoms with E-state index in [0.717, 1.165) is 6.42 Å². The maximum Gasteiger partial charge on any atom is 0.278 e. The fourth-order valence-electron chi connectivity index (χ4n) is 4.53. The Morgan fingerprint density at radius 3 is 2.91 bits per heavy atom. The number of aromatic nitrogens is 4. The number of likely N-dealkylation sites (tertiary alicyclic amines) is 1. The number of carbonyl (C=O) groups is 1. The van der Waals surface area contributed by atoms with Crippen LogP contribution in [0.25, 0.3) is 0 Å². The van der Waals surface area contributed by atoms with Crippen LogP contribution in [0.2, 0.25) is 0 Å². The minimum absolute atomic E-state index is 0.172. The molecular weight excluding hydrogens is 415 g/mol. The number of carbonyl (C=O) groups excluding carboxylic acids is 1. The minimum Gasteiger partial charge on any atom is -0.327 e. The van der Waals surface area contributed by atoms with E-state index in [1.54, 1.807) is 24.0 Å². The molecule has 10 heteroatoms. The van der Waals surface area contributed by atoms with Gasteiger partial charge in [-0.1, -0.05) is 23.4 Å². The van der Waals surface area contributed by atoms with Crippen molar-refractivity contribution in [3.05, 3.63) is 74.5 Å². The highest BCUT2D eigenvalue weighted by Crippen LogP contribution is 2.31. The molecule has 0 saturated carbocycles. The molecule has 4 heterocycles. The van der Waals surface area contributed by atoms with Crippen LogP contribution < -0.4 is 5.56 Å². The zero-order valence-corrected chi connectivity index (χ0v) is 17.7. The van der Waals surface area contributed by atoms with Gasteiger partial charge in [0.2, 0.25) is 0 Å². The average Bonchev–Trinajstić information content (AvgIpc) is 3.44. The zero-order valence-electron chi connectivity index (χ0n) is 17.7. The van der Waals surface area contributed by atoms with Crippen molar-refractivity contribution < 1.29 is 13.8 Å². The van der Waals surface area contributed by atoms with Crippen LogP contribution in [0.5, 0.6) is 0 Å². The van der Waals surface area contributed by atoms with Crippen molar-refractivity contribution in [3.63, 3.8) is 0 Å². The van der Waals surface area contributed by atoms with Crippen LogP contribution in [0.4, 0.5) is 4.39 Å². The topological polar surface area (TPSA) is 108 Å². The Labute approximate surface area is 183 Å². The lowest BCUT2D eigenvalue weighted by Gasteiger charge is -2.29. The quantitative estimate of drug-likeness (QED) is 0.665. The normalized spacial score (nSPS) is 18.7. The van der Waals surface area contributed by atoms with Gasteiger partial charge in [0.25, 0.3) is 11.5 Å². The van der Waals surface area contributed by atoms with E-state index in [1.807, 2.05) is 6.07 Å². The molecule has 0 radical (unpaired) electrons. The Kier molecular flexibility index (Phi) is 5.30. The average molecular weight is 438 g/mol. The molecule has 0 bridgehead atoms. The number of nitrogens with zero attached hydrogens (tertiary/aromatic N) is 5. The van der Waals surface area contributed by atoms with E-state index in [9.17, 15) is 14.0 Å². The van der Waals surface area contributed by atoms with E-state index in [0.29, 0.717) is 67.4 Å². The molecule has 1 amide bonds. The standard InChI is InChI=1S/C22H23FN6O3/c1-13-19(27-32-26-13)22(31)29-9-4-7-18(29)20-24-17-12-28(10-8-15(17)21(30)25-20)11-14-5-2-3-6-16(14)23/h2-3,5-6,18H,4,7-12H2,1H3,(H,24,25,30)/t18-/m0/s1.